The van der Waals surface area contributed by atoms with Crippen LogP contribution in [0.3, 0.4) is 0 Å². The van der Waals surface area contributed by atoms with Gasteiger partial charge in [0.15, 0.2) is 0 Å². The van der Waals surface area contributed by atoms with Gasteiger partial charge in [-0.25, -0.2) is 0 Å². The van der Waals surface area contributed by atoms with Gasteiger partial charge in [0.25, 0.3) is 0 Å². The summed E-state index contributed by atoms with van der Waals surface area (Å²) in [6.45, 7) is 9.98. The van der Waals surface area contributed by atoms with Crippen LogP contribution in [0.25, 0.3) is 0 Å². The Hall–Kier alpha value is -0.0400. The highest BCUT2D eigenvalue weighted by atomic mass is 16.5. The molecule has 0 bridgehead atoms. The van der Waals surface area contributed by atoms with E-state index in [9.17, 15) is 0 Å². The predicted molar refractivity (Wildman–Crippen MR) is 86.7 cm³/mol. The van der Waals surface area contributed by atoms with E-state index in [2.05, 4.69) is 27.7 Å². The smallest absolute Gasteiger partial charge is 0.0549 e. The lowest BCUT2D eigenvalue weighted by atomic mass is 10.1. The maximum atomic E-state index is 5.82. The van der Waals surface area contributed by atoms with Crippen LogP contribution in [0.4, 0.5) is 0 Å². The zero-order valence-electron chi connectivity index (χ0n) is 14.0. The third-order valence-electron chi connectivity index (χ3n) is 3.70. The Labute approximate surface area is 122 Å². The Morgan fingerprint density at radius 1 is 0.684 bits per heavy atom. The first-order chi connectivity index (χ1) is 9.16. The van der Waals surface area contributed by atoms with Crippen molar-refractivity contribution in [2.45, 2.75) is 104 Å². The fourth-order valence-electron chi connectivity index (χ4n) is 2.61. The van der Waals surface area contributed by atoms with Gasteiger partial charge in [-0.2, -0.15) is 0 Å². The Balaban J connectivity index is 3.06. The molecule has 1 unspecified atom stereocenters. The third kappa shape index (κ3) is 15.9. The van der Waals surface area contributed by atoms with E-state index in [1.54, 1.807) is 0 Å². The van der Waals surface area contributed by atoms with Crippen molar-refractivity contribution >= 4 is 0 Å². The molecular formula is C18H38O. The topological polar surface area (TPSA) is 9.23 Å². The van der Waals surface area contributed by atoms with E-state index < -0.39 is 0 Å². The van der Waals surface area contributed by atoms with E-state index in [0.29, 0.717) is 6.10 Å². The van der Waals surface area contributed by atoms with Crippen LogP contribution in [0.2, 0.25) is 0 Å². The molecule has 0 aromatic heterocycles. The van der Waals surface area contributed by atoms with Gasteiger partial charge in [0.1, 0.15) is 0 Å². The van der Waals surface area contributed by atoms with E-state index in [4.69, 9.17) is 4.74 Å². The molecule has 0 aliphatic rings. The molecule has 0 heterocycles. The third-order valence-corrected chi connectivity index (χ3v) is 3.70. The molecule has 0 fully saturated rings. The quantitative estimate of drug-likeness (QED) is 0.334. The summed E-state index contributed by atoms with van der Waals surface area (Å²) in [5.41, 5.74) is 0. The van der Waals surface area contributed by atoms with E-state index in [-0.39, 0.29) is 0 Å². The lowest BCUT2D eigenvalue weighted by molar-refractivity contribution is 0.0494. The summed E-state index contributed by atoms with van der Waals surface area (Å²) in [5, 5.41) is 0. The first-order valence-corrected chi connectivity index (χ1v) is 8.78. The predicted octanol–water partition coefficient (Wildman–Crippen LogP) is 6.36. The zero-order valence-corrected chi connectivity index (χ0v) is 14.0. The van der Waals surface area contributed by atoms with E-state index in [1.807, 2.05) is 0 Å². The van der Waals surface area contributed by atoms with Gasteiger partial charge in [-0.1, -0.05) is 78.6 Å². The van der Waals surface area contributed by atoms with Crippen molar-refractivity contribution in [3.63, 3.8) is 0 Å². The van der Waals surface area contributed by atoms with Crippen LogP contribution >= 0.6 is 0 Å². The second kappa shape index (κ2) is 14.4. The number of unbranched alkanes of at least 4 members (excludes halogenated alkanes) is 9. The lowest BCUT2D eigenvalue weighted by Gasteiger charge is -2.14. The summed E-state index contributed by atoms with van der Waals surface area (Å²) < 4.78 is 5.82. The highest BCUT2D eigenvalue weighted by Gasteiger charge is 2.04. The van der Waals surface area contributed by atoms with Crippen molar-refractivity contribution in [1.29, 1.82) is 0 Å². The van der Waals surface area contributed by atoms with Gasteiger partial charge in [0, 0.05) is 6.61 Å². The second-order valence-electron chi connectivity index (χ2n) is 6.49. The van der Waals surface area contributed by atoms with Gasteiger partial charge in [-0.15, -0.1) is 0 Å². The maximum Gasteiger partial charge on any atom is 0.0549 e. The minimum atomic E-state index is 0.443. The van der Waals surface area contributed by atoms with Crippen molar-refractivity contribution in [3.05, 3.63) is 0 Å². The first-order valence-electron chi connectivity index (χ1n) is 8.78. The normalized spacial score (nSPS) is 13.1. The van der Waals surface area contributed by atoms with E-state index >= 15 is 0 Å². The molecule has 0 amide bonds. The van der Waals surface area contributed by atoms with Crippen molar-refractivity contribution in [2.24, 2.45) is 5.92 Å². The van der Waals surface area contributed by atoms with Crippen LogP contribution in [0, 0.1) is 5.92 Å². The molecular weight excluding hydrogens is 232 g/mol. The average molecular weight is 271 g/mol. The van der Waals surface area contributed by atoms with Gasteiger partial charge >= 0.3 is 0 Å². The van der Waals surface area contributed by atoms with Gasteiger partial charge < -0.3 is 4.74 Å². The number of hydrogen-bond donors (Lipinski definition) is 0. The van der Waals surface area contributed by atoms with Crippen molar-refractivity contribution in [3.8, 4) is 0 Å². The fourth-order valence-corrected chi connectivity index (χ4v) is 2.61. The molecule has 0 rings (SSSR count). The van der Waals surface area contributed by atoms with Crippen LogP contribution < -0.4 is 0 Å². The second-order valence-corrected chi connectivity index (χ2v) is 6.49. The van der Waals surface area contributed by atoms with E-state index in [1.165, 1.54) is 70.6 Å². The highest BCUT2D eigenvalue weighted by molar-refractivity contribution is 4.54. The van der Waals surface area contributed by atoms with Gasteiger partial charge in [0.2, 0.25) is 0 Å². The molecule has 116 valence electrons. The largest absolute Gasteiger partial charge is 0.379 e. The lowest BCUT2D eigenvalue weighted by Crippen LogP contribution is -2.12. The van der Waals surface area contributed by atoms with Crippen molar-refractivity contribution in [2.75, 3.05) is 6.61 Å². The molecule has 0 aromatic carbocycles. The molecule has 0 N–H and O–H groups in total. The number of rotatable bonds is 14. The van der Waals surface area contributed by atoms with Gasteiger partial charge in [-0.3, -0.25) is 0 Å². The summed E-state index contributed by atoms with van der Waals surface area (Å²) in [4.78, 5) is 0. The SMILES string of the molecule is CCCCCCCCCCCCOC(C)CC(C)C. The van der Waals surface area contributed by atoms with Crippen LogP contribution in [0.5, 0.6) is 0 Å². The first kappa shape index (κ1) is 19.0. The molecule has 0 aromatic rings. The van der Waals surface area contributed by atoms with Crippen LogP contribution in [0.1, 0.15) is 98.3 Å². The van der Waals surface area contributed by atoms with Crippen molar-refractivity contribution < 1.29 is 4.74 Å². The highest BCUT2D eigenvalue weighted by Crippen LogP contribution is 2.11. The molecule has 0 radical (unpaired) electrons. The molecule has 0 aliphatic heterocycles. The van der Waals surface area contributed by atoms with Gasteiger partial charge in [0.05, 0.1) is 6.10 Å². The molecule has 0 spiro atoms. The fraction of sp³-hybridized carbons (Fsp3) is 1.00. The maximum absolute atomic E-state index is 5.82. The van der Waals surface area contributed by atoms with Crippen molar-refractivity contribution in [1.82, 2.24) is 0 Å². The number of ether oxygens (including phenoxy) is 1. The van der Waals surface area contributed by atoms with Crippen LogP contribution in [-0.2, 0) is 4.74 Å². The Bertz CT molecular complexity index is 165. The Kier molecular flexibility index (Phi) is 14.3. The van der Waals surface area contributed by atoms with Gasteiger partial charge in [-0.05, 0) is 25.7 Å². The average Bonchev–Trinajstić information content (AvgIpc) is 2.35. The molecule has 1 nitrogen and oxygen atoms in total. The Morgan fingerprint density at radius 2 is 1.16 bits per heavy atom. The molecule has 19 heavy (non-hydrogen) atoms. The molecule has 0 aliphatic carbocycles. The Morgan fingerprint density at radius 3 is 1.63 bits per heavy atom. The zero-order chi connectivity index (χ0) is 14.3. The minimum Gasteiger partial charge on any atom is -0.379 e. The molecule has 0 saturated carbocycles. The summed E-state index contributed by atoms with van der Waals surface area (Å²) >= 11 is 0. The molecule has 0 saturated heterocycles. The van der Waals surface area contributed by atoms with E-state index in [0.717, 1.165) is 12.5 Å². The standard InChI is InChI=1S/C18H38O/c1-5-6-7-8-9-10-11-12-13-14-15-19-18(4)16-17(2)3/h17-18H,5-16H2,1-4H3. The van der Waals surface area contributed by atoms with Crippen LogP contribution in [0.15, 0.2) is 0 Å². The molecule has 1 atom stereocenters. The molecule has 1 heteroatoms. The minimum absolute atomic E-state index is 0.443. The summed E-state index contributed by atoms with van der Waals surface area (Å²) in [7, 11) is 0. The summed E-state index contributed by atoms with van der Waals surface area (Å²) in [6, 6.07) is 0. The monoisotopic (exact) mass is 270 g/mol. The summed E-state index contributed by atoms with van der Waals surface area (Å²) in [6.07, 6.45) is 15.6. The summed E-state index contributed by atoms with van der Waals surface area (Å²) in [5.74, 6) is 0.753. The van der Waals surface area contributed by atoms with Crippen LogP contribution in [-0.4, -0.2) is 12.7 Å². The number of hydrogen-bond acceptors (Lipinski definition) is 1.